The molecule has 0 saturated carbocycles. The first-order chi connectivity index (χ1) is 7.89. The summed E-state index contributed by atoms with van der Waals surface area (Å²) >= 11 is 5.44. The zero-order valence-electron chi connectivity index (χ0n) is 9.37. The summed E-state index contributed by atoms with van der Waals surface area (Å²) in [6, 6.07) is 1.05. The van der Waals surface area contributed by atoms with Crippen molar-refractivity contribution in [3.63, 3.8) is 0 Å². The molecule has 0 amide bonds. The van der Waals surface area contributed by atoms with Crippen molar-refractivity contribution in [3.8, 4) is 0 Å². The third-order valence-electron chi connectivity index (χ3n) is 2.38. The first-order valence-corrected chi connectivity index (χ1v) is 5.44. The van der Waals surface area contributed by atoms with Crippen molar-refractivity contribution >= 4 is 17.4 Å². The number of aromatic nitrogens is 1. The molecule has 1 saturated heterocycles. The number of Topliss-reactive ketones (excluding diaryl/α,β-unsaturated/α-hetero) is 1. The van der Waals surface area contributed by atoms with Gasteiger partial charge < -0.3 is 9.47 Å². The fraction of sp³-hybridized carbons (Fsp3) is 0.455. The van der Waals surface area contributed by atoms with Crippen LogP contribution in [0.25, 0.3) is 0 Å². The van der Waals surface area contributed by atoms with Gasteiger partial charge in [0.25, 0.3) is 0 Å². The Kier molecular flexibility index (Phi) is 3.16. The normalized spacial score (nSPS) is 22.7. The lowest BCUT2D eigenvalue weighted by Crippen LogP contribution is -2.27. The molecule has 1 aliphatic heterocycles. The van der Waals surface area contributed by atoms with Gasteiger partial charge in [0.2, 0.25) is 0 Å². The standard InChI is InChI=1S/C11H11ClFNO3/c1-11(2)16-5-8(17-11)9(15)6-3-7(13)10(12)14-4-6/h3-4,8H,5H2,1-2H3/t8-/m0/s1. The number of carbonyl (C=O) groups is 1. The van der Waals surface area contributed by atoms with Gasteiger partial charge in [0.15, 0.2) is 22.5 Å². The Morgan fingerprint density at radius 2 is 2.35 bits per heavy atom. The molecule has 0 N–H and O–H groups in total. The molecule has 1 aromatic heterocycles. The van der Waals surface area contributed by atoms with E-state index in [0.717, 1.165) is 6.07 Å². The number of ether oxygens (including phenoxy) is 2. The number of carbonyl (C=O) groups excluding carboxylic acids is 1. The summed E-state index contributed by atoms with van der Waals surface area (Å²) in [7, 11) is 0. The molecule has 4 nitrogen and oxygen atoms in total. The first-order valence-electron chi connectivity index (χ1n) is 5.06. The molecule has 0 spiro atoms. The van der Waals surface area contributed by atoms with Crippen LogP contribution in [-0.2, 0) is 9.47 Å². The zero-order chi connectivity index (χ0) is 12.6. The third kappa shape index (κ3) is 2.62. The van der Waals surface area contributed by atoms with Gasteiger partial charge in [-0.2, -0.15) is 0 Å². The molecule has 2 heterocycles. The van der Waals surface area contributed by atoms with E-state index in [-0.39, 0.29) is 23.1 Å². The topological polar surface area (TPSA) is 48.4 Å². The second-order valence-electron chi connectivity index (χ2n) is 4.18. The van der Waals surface area contributed by atoms with Crippen molar-refractivity contribution in [2.24, 2.45) is 0 Å². The highest BCUT2D eigenvalue weighted by atomic mass is 35.5. The first kappa shape index (κ1) is 12.4. The van der Waals surface area contributed by atoms with Gasteiger partial charge in [-0.15, -0.1) is 0 Å². The molecular formula is C11H11ClFNO3. The van der Waals surface area contributed by atoms with Crippen LogP contribution in [0.2, 0.25) is 5.15 Å². The highest BCUT2D eigenvalue weighted by molar-refractivity contribution is 6.29. The van der Waals surface area contributed by atoms with Gasteiger partial charge in [-0.25, -0.2) is 9.37 Å². The summed E-state index contributed by atoms with van der Waals surface area (Å²) < 4.78 is 23.8. The van der Waals surface area contributed by atoms with Crippen LogP contribution < -0.4 is 0 Å². The van der Waals surface area contributed by atoms with Gasteiger partial charge in [0, 0.05) is 11.8 Å². The number of ketones is 1. The van der Waals surface area contributed by atoms with Gasteiger partial charge >= 0.3 is 0 Å². The van der Waals surface area contributed by atoms with Crippen molar-refractivity contribution in [3.05, 3.63) is 28.8 Å². The van der Waals surface area contributed by atoms with E-state index in [1.807, 2.05) is 0 Å². The SMILES string of the molecule is CC1(C)OC[C@@H](C(=O)c2cnc(Cl)c(F)c2)O1. The van der Waals surface area contributed by atoms with Crippen molar-refractivity contribution in [2.45, 2.75) is 25.7 Å². The van der Waals surface area contributed by atoms with Crippen LogP contribution in [0.4, 0.5) is 4.39 Å². The predicted octanol–water partition coefficient (Wildman–Crippen LogP) is 2.21. The molecule has 92 valence electrons. The number of hydrogen-bond acceptors (Lipinski definition) is 4. The lowest BCUT2D eigenvalue weighted by Gasteiger charge is -2.16. The summed E-state index contributed by atoms with van der Waals surface area (Å²) in [5.41, 5.74) is 0.123. The molecule has 1 fully saturated rings. The molecule has 0 aromatic carbocycles. The molecule has 0 bridgehead atoms. The molecule has 1 aliphatic rings. The van der Waals surface area contributed by atoms with Crippen LogP contribution in [0.15, 0.2) is 12.3 Å². The molecule has 2 rings (SSSR count). The highest BCUT2D eigenvalue weighted by Crippen LogP contribution is 2.25. The Bertz CT molecular complexity index is 464. The summed E-state index contributed by atoms with van der Waals surface area (Å²) in [6.45, 7) is 3.57. The summed E-state index contributed by atoms with van der Waals surface area (Å²) in [4.78, 5) is 15.5. The lowest BCUT2D eigenvalue weighted by atomic mass is 10.1. The smallest absolute Gasteiger partial charge is 0.195 e. The lowest BCUT2D eigenvalue weighted by molar-refractivity contribution is -0.133. The summed E-state index contributed by atoms with van der Waals surface area (Å²) in [5, 5.41) is -0.259. The van der Waals surface area contributed by atoms with Crippen LogP contribution in [0.3, 0.4) is 0 Å². The molecule has 1 aromatic rings. The maximum atomic E-state index is 13.2. The highest BCUT2D eigenvalue weighted by Gasteiger charge is 2.37. The minimum Gasteiger partial charge on any atom is -0.347 e. The van der Waals surface area contributed by atoms with E-state index >= 15 is 0 Å². The minimum atomic E-state index is -0.793. The van der Waals surface area contributed by atoms with Gasteiger partial charge in [0.1, 0.15) is 6.10 Å². The fourth-order valence-corrected chi connectivity index (χ4v) is 1.66. The second kappa shape index (κ2) is 4.33. The maximum Gasteiger partial charge on any atom is 0.195 e. The van der Waals surface area contributed by atoms with Gasteiger partial charge in [-0.3, -0.25) is 4.79 Å². The van der Waals surface area contributed by atoms with Crippen molar-refractivity contribution < 1.29 is 18.7 Å². The summed E-state index contributed by atoms with van der Waals surface area (Å²) in [5.74, 6) is -1.88. The minimum absolute atomic E-state index is 0.123. The molecule has 0 radical (unpaired) electrons. The van der Waals surface area contributed by atoms with E-state index in [2.05, 4.69) is 4.98 Å². The molecule has 0 unspecified atom stereocenters. The van der Waals surface area contributed by atoms with Crippen molar-refractivity contribution in [1.82, 2.24) is 4.98 Å². The number of rotatable bonds is 2. The molecule has 17 heavy (non-hydrogen) atoms. The molecular weight excluding hydrogens is 249 g/mol. The summed E-state index contributed by atoms with van der Waals surface area (Å²) in [6.07, 6.45) is 0.495. The fourth-order valence-electron chi connectivity index (χ4n) is 1.56. The van der Waals surface area contributed by atoms with Crippen LogP contribution in [0.5, 0.6) is 0 Å². The Morgan fingerprint density at radius 1 is 1.65 bits per heavy atom. The average molecular weight is 260 g/mol. The van der Waals surface area contributed by atoms with Crippen molar-refractivity contribution in [1.29, 1.82) is 0 Å². The monoisotopic (exact) mass is 259 g/mol. The van der Waals surface area contributed by atoms with Crippen molar-refractivity contribution in [2.75, 3.05) is 6.61 Å². The molecule has 0 aliphatic carbocycles. The Hall–Kier alpha value is -1.04. The Morgan fingerprint density at radius 3 is 2.88 bits per heavy atom. The molecule has 1 atom stereocenters. The van der Waals surface area contributed by atoms with Crippen LogP contribution in [0.1, 0.15) is 24.2 Å². The predicted molar refractivity (Wildman–Crippen MR) is 58.4 cm³/mol. The van der Waals surface area contributed by atoms with E-state index in [1.165, 1.54) is 6.20 Å². The largest absolute Gasteiger partial charge is 0.347 e. The van der Waals surface area contributed by atoms with Gasteiger partial charge in [-0.1, -0.05) is 11.6 Å². The average Bonchev–Trinajstić information content (AvgIpc) is 2.62. The van der Waals surface area contributed by atoms with Gasteiger partial charge in [-0.05, 0) is 19.9 Å². The van der Waals surface area contributed by atoms with Crippen LogP contribution in [0, 0.1) is 5.82 Å². The van der Waals surface area contributed by atoms with E-state index in [9.17, 15) is 9.18 Å². The van der Waals surface area contributed by atoms with E-state index < -0.39 is 17.7 Å². The number of pyridine rings is 1. The quantitative estimate of drug-likeness (QED) is 0.604. The maximum absolute atomic E-state index is 13.2. The Balaban J connectivity index is 2.18. The third-order valence-corrected chi connectivity index (χ3v) is 2.66. The van der Waals surface area contributed by atoms with Crippen LogP contribution in [-0.4, -0.2) is 29.3 Å². The number of hydrogen-bond donors (Lipinski definition) is 0. The Labute approximate surface area is 103 Å². The van der Waals surface area contributed by atoms with Crippen LogP contribution >= 0.6 is 11.6 Å². The van der Waals surface area contributed by atoms with E-state index in [1.54, 1.807) is 13.8 Å². The number of halogens is 2. The van der Waals surface area contributed by atoms with E-state index in [4.69, 9.17) is 21.1 Å². The van der Waals surface area contributed by atoms with E-state index in [0.29, 0.717) is 0 Å². The zero-order valence-corrected chi connectivity index (χ0v) is 10.1. The molecule has 6 heteroatoms. The second-order valence-corrected chi connectivity index (χ2v) is 4.54. The van der Waals surface area contributed by atoms with Gasteiger partial charge in [0.05, 0.1) is 6.61 Å². The number of nitrogens with zero attached hydrogens (tertiary/aromatic N) is 1.